The number of ether oxygens (including phenoxy) is 1. The van der Waals surface area contributed by atoms with Gasteiger partial charge in [-0.25, -0.2) is 0 Å². The van der Waals surface area contributed by atoms with Gasteiger partial charge in [0.25, 0.3) is 5.91 Å². The number of aromatic amines is 1. The minimum Gasteiger partial charge on any atom is -0.469 e. The molecule has 19 heavy (non-hydrogen) atoms. The summed E-state index contributed by atoms with van der Waals surface area (Å²) in [5.41, 5.74) is 0.780. The summed E-state index contributed by atoms with van der Waals surface area (Å²) in [7, 11) is 2.90. The van der Waals surface area contributed by atoms with E-state index in [1.54, 1.807) is 14.0 Å². The third-order valence-corrected chi connectivity index (χ3v) is 2.82. The molecule has 0 aromatic carbocycles. The minimum absolute atomic E-state index is 0.110. The van der Waals surface area contributed by atoms with Gasteiger partial charge in [0.2, 0.25) is 0 Å². The molecule has 1 aromatic rings. The van der Waals surface area contributed by atoms with Crippen LogP contribution in [0.15, 0.2) is 12.3 Å². The molecule has 0 aliphatic heterocycles. The van der Waals surface area contributed by atoms with Crippen molar-refractivity contribution in [1.82, 2.24) is 9.88 Å². The van der Waals surface area contributed by atoms with Crippen molar-refractivity contribution < 1.29 is 19.1 Å². The molecule has 6 nitrogen and oxygen atoms in total. The van der Waals surface area contributed by atoms with Crippen molar-refractivity contribution in [2.45, 2.75) is 13.8 Å². The Morgan fingerprint density at radius 1 is 1.42 bits per heavy atom. The van der Waals surface area contributed by atoms with Crippen molar-refractivity contribution in [3.63, 3.8) is 0 Å². The summed E-state index contributed by atoms with van der Waals surface area (Å²) in [4.78, 5) is 38.7. The Bertz CT molecular complexity index is 493. The number of nitrogens with one attached hydrogen (secondary N) is 1. The van der Waals surface area contributed by atoms with Crippen molar-refractivity contribution in [1.29, 1.82) is 0 Å². The summed E-state index contributed by atoms with van der Waals surface area (Å²) in [6.07, 6.45) is 1.49. The minimum atomic E-state index is -0.402. The molecule has 0 bridgehead atoms. The quantitative estimate of drug-likeness (QED) is 0.639. The molecule has 104 valence electrons. The van der Waals surface area contributed by atoms with E-state index in [9.17, 15) is 14.4 Å². The maximum absolute atomic E-state index is 12.1. The molecule has 6 heteroatoms. The number of carbonyl (C=O) groups is 3. The number of hydrogen-bond donors (Lipinski definition) is 1. The molecular formula is C13H18N2O4. The number of Topliss-reactive ketones (excluding diaryl/α,β-unsaturated/α-hetero) is 1. The number of amides is 1. The fourth-order valence-electron chi connectivity index (χ4n) is 1.70. The maximum Gasteiger partial charge on any atom is 0.310 e. The molecule has 0 aliphatic carbocycles. The number of ketones is 1. The van der Waals surface area contributed by atoms with Crippen LogP contribution in [-0.4, -0.2) is 48.2 Å². The van der Waals surface area contributed by atoms with E-state index in [-0.39, 0.29) is 24.2 Å². The van der Waals surface area contributed by atoms with Crippen LogP contribution >= 0.6 is 0 Å². The Labute approximate surface area is 111 Å². The Kier molecular flexibility index (Phi) is 4.86. The van der Waals surface area contributed by atoms with E-state index in [1.165, 1.54) is 31.2 Å². The molecule has 0 radical (unpaired) electrons. The Morgan fingerprint density at radius 3 is 2.53 bits per heavy atom. The number of hydrogen-bond acceptors (Lipinski definition) is 4. The number of nitrogens with zero attached hydrogens (tertiary/aromatic N) is 1. The molecule has 0 unspecified atom stereocenters. The highest BCUT2D eigenvalue weighted by molar-refractivity contribution is 5.99. The summed E-state index contributed by atoms with van der Waals surface area (Å²) in [6, 6.07) is 1.50. The van der Waals surface area contributed by atoms with Crippen LogP contribution in [0.1, 0.15) is 34.7 Å². The molecule has 1 heterocycles. The molecule has 0 saturated carbocycles. The molecule has 1 aromatic heterocycles. The Balaban J connectivity index is 2.71. The van der Waals surface area contributed by atoms with E-state index in [4.69, 9.17) is 0 Å². The van der Waals surface area contributed by atoms with Gasteiger partial charge in [0, 0.05) is 25.4 Å². The van der Waals surface area contributed by atoms with Gasteiger partial charge >= 0.3 is 5.97 Å². The van der Waals surface area contributed by atoms with Crippen molar-refractivity contribution in [3.8, 4) is 0 Å². The van der Waals surface area contributed by atoms with E-state index in [1.807, 2.05) is 0 Å². The second-order valence-corrected chi connectivity index (χ2v) is 4.47. The van der Waals surface area contributed by atoms with Gasteiger partial charge in [-0.1, -0.05) is 6.92 Å². The van der Waals surface area contributed by atoms with Gasteiger partial charge in [-0.15, -0.1) is 0 Å². The summed E-state index contributed by atoms with van der Waals surface area (Å²) in [6.45, 7) is 3.37. The first-order chi connectivity index (χ1) is 8.86. The normalized spacial score (nSPS) is 11.8. The predicted octanol–water partition coefficient (Wildman–Crippen LogP) is 1.10. The molecule has 0 spiro atoms. The van der Waals surface area contributed by atoms with Crippen molar-refractivity contribution in [3.05, 3.63) is 23.5 Å². The number of carbonyl (C=O) groups excluding carboxylic acids is 3. The third-order valence-electron chi connectivity index (χ3n) is 2.82. The highest BCUT2D eigenvalue weighted by Gasteiger charge is 2.20. The number of H-pyrrole nitrogens is 1. The predicted molar refractivity (Wildman–Crippen MR) is 68.9 cm³/mol. The topological polar surface area (TPSA) is 79.5 Å². The van der Waals surface area contributed by atoms with Gasteiger partial charge in [-0.05, 0) is 13.0 Å². The molecule has 0 aliphatic rings. The number of aromatic nitrogens is 1. The second-order valence-electron chi connectivity index (χ2n) is 4.47. The SMILES string of the molecule is COC(=O)[C@@H](C)CN(C)C(=O)c1cc(C(C)=O)c[nH]1. The monoisotopic (exact) mass is 266 g/mol. The van der Waals surface area contributed by atoms with Crippen molar-refractivity contribution in [2.75, 3.05) is 20.7 Å². The summed E-state index contributed by atoms with van der Waals surface area (Å²) >= 11 is 0. The lowest BCUT2D eigenvalue weighted by Crippen LogP contribution is -2.34. The van der Waals surface area contributed by atoms with Gasteiger partial charge in [-0.2, -0.15) is 0 Å². The molecule has 0 saturated heterocycles. The summed E-state index contributed by atoms with van der Waals surface area (Å²) in [5, 5.41) is 0. The van der Waals surface area contributed by atoms with Crippen LogP contribution in [0.5, 0.6) is 0 Å². The van der Waals surface area contributed by atoms with Crippen LogP contribution in [-0.2, 0) is 9.53 Å². The molecule has 0 fully saturated rings. The number of esters is 1. The summed E-state index contributed by atoms with van der Waals surface area (Å²) < 4.78 is 4.60. The molecule has 1 amide bonds. The Hall–Kier alpha value is -2.11. The standard InChI is InChI=1S/C13H18N2O4/c1-8(13(18)19-4)7-15(3)12(17)11-5-10(6-14-11)9(2)16/h5-6,8,14H,7H2,1-4H3/t8-/m0/s1. The highest BCUT2D eigenvalue weighted by Crippen LogP contribution is 2.09. The zero-order valence-corrected chi connectivity index (χ0v) is 11.5. The van der Waals surface area contributed by atoms with E-state index >= 15 is 0 Å². The van der Waals surface area contributed by atoms with Crippen molar-refractivity contribution >= 4 is 17.7 Å². The van der Waals surface area contributed by atoms with Gasteiger partial charge in [-0.3, -0.25) is 14.4 Å². The van der Waals surface area contributed by atoms with Gasteiger partial charge in [0.15, 0.2) is 5.78 Å². The first kappa shape index (κ1) is 14.9. The average Bonchev–Trinajstić information content (AvgIpc) is 2.86. The third kappa shape index (κ3) is 3.67. The van der Waals surface area contributed by atoms with Crippen LogP contribution in [0.4, 0.5) is 0 Å². The fourth-order valence-corrected chi connectivity index (χ4v) is 1.70. The molecule has 1 rings (SSSR count). The largest absolute Gasteiger partial charge is 0.469 e. The summed E-state index contributed by atoms with van der Waals surface area (Å²) in [5.74, 6) is -1.15. The molecule has 1 atom stereocenters. The first-order valence-corrected chi connectivity index (χ1v) is 5.89. The number of methoxy groups -OCH3 is 1. The zero-order valence-electron chi connectivity index (χ0n) is 11.5. The average molecular weight is 266 g/mol. The van der Waals surface area contributed by atoms with E-state index in [2.05, 4.69) is 9.72 Å². The highest BCUT2D eigenvalue weighted by atomic mass is 16.5. The van der Waals surface area contributed by atoms with Gasteiger partial charge in [0.1, 0.15) is 5.69 Å². The smallest absolute Gasteiger partial charge is 0.310 e. The first-order valence-electron chi connectivity index (χ1n) is 5.89. The van der Waals surface area contributed by atoms with E-state index in [0.717, 1.165) is 0 Å². The van der Waals surface area contributed by atoms with E-state index < -0.39 is 5.92 Å². The molecule has 1 N–H and O–H groups in total. The van der Waals surface area contributed by atoms with Crippen LogP contribution in [0.2, 0.25) is 0 Å². The molecular weight excluding hydrogens is 248 g/mol. The van der Waals surface area contributed by atoms with Gasteiger partial charge < -0.3 is 14.6 Å². The van der Waals surface area contributed by atoms with Crippen molar-refractivity contribution in [2.24, 2.45) is 5.92 Å². The lowest BCUT2D eigenvalue weighted by molar-refractivity contribution is -0.145. The van der Waals surface area contributed by atoms with E-state index in [0.29, 0.717) is 11.3 Å². The van der Waals surface area contributed by atoms with Gasteiger partial charge in [0.05, 0.1) is 13.0 Å². The zero-order chi connectivity index (χ0) is 14.6. The van der Waals surface area contributed by atoms with Crippen LogP contribution in [0.3, 0.4) is 0 Å². The van der Waals surface area contributed by atoms with Crippen LogP contribution < -0.4 is 0 Å². The maximum atomic E-state index is 12.1. The van der Waals surface area contributed by atoms with Crippen LogP contribution in [0.25, 0.3) is 0 Å². The fraction of sp³-hybridized carbons (Fsp3) is 0.462. The second kappa shape index (κ2) is 6.17. The Morgan fingerprint density at radius 2 is 2.05 bits per heavy atom. The lowest BCUT2D eigenvalue weighted by Gasteiger charge is -2.19. The van der Waals surface area contributed by atoms with Crippen LogP contribution in [0, 0.1) is 5.92 Å². The lowest BCUT2D eigenvalue weighted by atomic mass is 10.1. The number of rotatable bonds is 5.